The molecule has 20 heavy (non-hydrogen) atoms. The van der Waals surface area contributed by atoms with Gasteiger partial charge in [-0.05, 0) is 42.9 Å². The van der Waals surface area contributed by atoms with Crippen LogP contribution >= 0.6 is 27.3 Å². The first-order chi connectivity index (χ1) is 9.43. The van der Waals surface area contributed by atoms with Crippen molar-refractivity contribution < 1.29 is 0 Å². The summed E-state index contributed by atoms with van der Waals surface area (Å²) in [4.78, 5) is 6.52. The average molecular weight is 355 g/mol. The van der Waals surface area contributed by atoms with Gasteiger partial charge in [0.15, 0.2) is 4.96 Å². The second kappa shape index (κ2) is 5.45. The lowest BCUT2D eigenvalue weighted by Crippen LogP contribution is -2.33. The molecule has 0 saturated heterocycles. The van der Waals surface area contributed by atoms with E-state index in [4.69, 9.17) is 4.98 Å². The first kappa shape index (κ1) is 14.6. The van der Waals surface area contributed by atoms with Crippen molar-refractivity contribution >= 4 is 32.2 Å². The van der Waals surface area contributed by atoms with Gasteiger partial charge in [0.1, 0.15) is 0 Å². The summed E-state index contributed by atoms with van der Waals surface area (Å²) >= 11 is 5.62. The molecule has 0 radical (unpaired) electrons. The van der Waals surface area contributed by atoms with E-state index in [1.807, 2.05) is 0 Å². The van der Waals surface area contributed by atoms with Gasteiger partial charge < -0.3 is 0 Å². The van der Waals surface area contributed by atoms with Gasteiger partial charge in [-0.2, -0.15) is 0 Å². The molecule has 3 rings (SSSR count). The van der Waals surface area contributed by atoms with Gasteiger partial charge in [0.2, 0.25) is 0 Å². The molecule has 0 amide bonds. The molecule has 4 heteroatoms. The lowest BCUT2D eigenvalue weighted by atomic mass is 9.68. The van der Waals surface area contributed by atoms with E-state index < -0.39 is 0 Å². The van der Waals surface area contributed by atoms with Gasteiger partial charge in [-0.3, -0.25) is 4.40 Å². The number of hydrogen-bond donors (Lipinski definition) is 0. The zero-order valence-electron chi connectivity index (χ0n) is 12.5. The molecule has 3 atom stereocenters. The summed E-state index contributed by atoms with van der Waals surface area (Å²) in [5, 5.41) is 2.09. The van der Waals surface area contributed by atoms with Gasteiger partial charge in [-0.25, -0.2) is 4.98 Å². The van der Waals surface area contributed by atoms with Crippen LogP contribution in [0, 0.1) is 17.3 Å². The van der Waals surface area contributed by atoms with Crippen LogP contribution in [0.2, 0.25) is 0 Å². The Balaban J connectivity index is 1.73. The standard InChI is InChI=1S/C16H23BrN2S/c1-16(2,3)12-4-5-14(17)11(8-12)9-13-10-19-6-7-20-15(19)18-13/h6-7,10-12,14H,4-5,8-9H2,1-3H3. The van der Waals surface area contributed by atoms with E-state index in [2.05, 4.69) is 58.9 Å². The number of imidazole rings is 1. The Labute approximate surface area is 133 Å². The largest absolute Gasteiger partial charge is 0.297 e. The maximum absolute atomic E-state index is 4.75. The number of halogens is 1. The monoisotopic (exact) mass is 354 g/mol. The van der Waals surface area contributed by atoms with E-state index in [-0.39, 0.29) is 0 Å². The molecule has 0 bridgehead atoms. The molecule has 3 unspecified atom stereocenters. The fourth-order valence-electron chi connectivity index (χ4n) is 3.37. The van der Waals surface area contributed by atoms with Crippen LogP contribution < -0.4 is 0 Å². The van der Waals surface area contributed by atoms with Crippen molar-refractivity contribution in [2.24, 2.45) is 17.3 Å². The van der Waals surface area contributed by atoms with Crippen molar-refractivity contribution in [1.29, 1.82) is 0 Å². The van der Waals surface area contributed by atoms with Crippen molar-refractivity contribution in [3.05, 3.63) is 23.5 Å². The highest BCUT2D eigenvalue weighted by Crippen LogP contribution is 2.43. The van der Waals surface area contributed by atoms with Crippen LogP contribution in [0.4, 0.5) is 0 Å². The highest BCUT2D eigenvalue weighted by molar-refractivity contribution is 9.09. The van der Waals surface area contributed by atoms with Crippen molar-refractivity contribution in [2.45, 2.75) is 51.3 Å². The van der Waals surface area contributed by atoms with Crippen LogP contribution in [0.1, 0.15) is 45.7 Å². The zero-order chi connectivity index (χ0) is 14.3. The highest BCUT2D eigenvalue weighted by Gasteiger charge is 2.35. The van der Waals surface area contributed by atoms with Crippen molar-refractivity contribution in [1.82, 2.24) is 9.38 Å². The molecule has 1 fully saturated rings. The highest BCUT2D eigenvalue weighted by atomic mass is 79.9. The molecule has 1 aliphatic carbocycles. The number of fused-ring (bicyclic) bond motifs is 1. The summed E-state index contributed by atoms with van der Waals surface area (Å²) in [5.41, 5.74) is 1.68. The number of nitrogens with zero attached hydrogens (tertiary/aromatic N) is 2. The van der Waals surface area contributed by atoms with Gasteiger partial charge in [0, 0.05) is 22.6 Å². The molecule has 0 N–H and O–H groups in total. The minimum atomic E-state index is 0.430. The van der Waals surface area contributed by atoms with Crippen LogP contribution in [0.3, 0.4) is 0 Å². The minimum absolute atomic E-state index is 0.430. The van der Waals surface area contributed by atoms with Gasteiger partial charge in [-0.1, -0.05) is 36.7 Å². The van der Waals surface area contributed by atoms with E-state index in [1.165, 1.54) is 25.0 Å². The summed E-state index contributed by atoms with van der Waals surface area (Å²) in [6, 6.07) is 0. The van der Waals surface area contributed by atoms with Crippen molar-refractivity contribution in [3.63, 3.8) is 0 Å². The Morgan fingerprint density at radius 1 is 1.40 bits per heavy atom. The van der Waals surface area contributed by atoms with E-state index in [9.17, 15) is 0 Å². The summed E-state index contributed by atoms with van der Waals surface area (Å²) < 4.78 is 2.15. The molecule has 1 aliphatic rings. The smallest absolute Gasteiger partial charge is 0.193 e. The van der Waals surface area contributed by atoms with E-state index in [1.54, 1.807) is 11.3 Å². The average Bonchev–Trinajstić information content (AvgIpc) is 2.91. The Bertz CT molecular complexity index is 552. The van der Waals surface area contributed by atoms with Crippen molar-refractivity contribution in [2.75, 3.05) is 0 Å². The molecule has 2 aromatic rings. The molecule has 2 aromatic heterocycles. The van der Waals surface area contributed by atoms with Crippen LogP contribution in [0.5, 0.6) is 0 Å². The summed E-state index contributed by atoms with van der Waals surface area (Å²) in [6.45, 7) is 7.15. The summed E-state index contributed by atoms with van der Waals surface area (Å²) in [5.74, 6) is 1.56. The molecule has 1 saturated carbocycles. The number of alkyl halides is 1. The number of hydrogen-bond acceptors (Lipinski definition) is 2. The third-order valence-corrected chi connectivity index (χ3v) is 6.71. The fourth-order valence-corrected chi connectivity index (χ4v) is 4.75. The predicted molar refractivity (Wildman–Crippen MR) is 89.8 cm³/mol. The quantitative estimate of drug-likeness (QED) is 0.680. The first-order valence-corrected chi connectivity index (χ1v) is 9.28. The molecule has 0 aromatic carbocycles. The molecule has 2 heterocycles. The van der Waals surface area contributed by atoms with Crippen LogP contribution in [0.25, 0.3) is 4.96 Å². The molecule has 0 spiro atoms. The van der Waals surface area contributed by atoms with Gasteiger partial charge in [0.25, 0.3) is 0 Å². The maximum atomic E-state index is 4.75. The lowest BCUT2D eigenvalue weighted by molar-refractivity contribution is 0.146. The molecular weight excluding hydrogens is 332 g/mol. The van der Waals surface area contributed by atoms with E-state index >= 15 is 0 Å². The Hall–Kier alpha value is -0.350. The third-order valence-electron chi connectivity index (χ3n) is 4.73. The van der Waals surface area contributed by atoms with Crippen LogP contribution in [-0.4, -0.2) is 14.2 Å². The Kier molecular flexibility index (Phi) is 3.97. The van der Waals surface area contributed by atoms with Crippen LogP contribution in [-0.2, 0) is 6.42 Å². The number of thiazole rings is 1. The van der Waals surface area contributed by atoms with Gasteiger partial charge in [-0.15, -0.1) is 11.3 Å². The summed E-state index contributed by atoms with van der Waals surface area (Å²) in [7, 11) is 0. The molecule has 110 valence electrons. The topological polar surface area (TPSA) is 17.3 Å². The summed E-state index contributed by atoms with van der Waals surface area (Å²) in [6.07, 6.45) is 9.39. The normalized spacial score (nSPS) is 28.1. The minimum Gasteiger partial charge on any atom is -0.297 e. The molecule has 0 aliphatic heterocycles. The SMILES string of the molecule is CC(C)(C)C1CCC(Br)C(Cc2cn3ccsc3n2)C1. The zero-order valence-corrected chi connectivity index (χ0v) is 14.9. The second-order valence-corrected chi connectivity index (χ2v) is 9.23. The Morgan fingerprint density at radius 2 is 2.20 bits per heavy atom. The van der Waals surface area contributed by atoms with Crippen LogP contribution in [0.15, 0.2) is 17.8 Å². The number of rotatable bonds is 2. The van der Waals surface area contributed by atoms with Crippen molar-refractivity contribution in [3.8, 4) is 0 Å². The lowest BCUT2D eigenvalue weighted by Gasteiger charge is -2.40. The fraction of sp³-hybridized carbons (Fsp3) is 0.688. The Morgan fingerprint density at radius 3 is 2.90 bits per heavy atom. The first-order valence-electron chi connectivity index (χ1n) is 7.48. The van der Waals surface area contributed by atoms with Gasteiger partial charge >= 0.3 is 0 Å². The predicted octanol–water partition coefficient (Wildman–Crippen LogP) is 5.16. The molecule has 2 nitrogen and oxygen atoms in total. The second-order valence-electron chi connectivity index (χ2n) is 7.18. The number of aromatic nitrogens is 2. The van der Waals surface area contributed by atoms with Gasteiger partial charge in [0.05, 0.1) is 5.69 Å². The molecular formula is C16H23BrN2S. The van der Waals surface area contributed by atoms with E-state index in [0.717, 1.165) is 23.2 Å². The maximum Gasteiger partial charge on any atom is 0.193 e. The third kappa shape index (κ3) is 2.96. The van der Waals surface area contributed by atoms with E-state index in [0.29, 0.717) is 10.2 Å².